The SMILES string of the molecule is N#Cc1cccc(S(=O)(=O)N2CCCN(C[C@H]3CCCO3)CC2)c1. The molecule has 1 aromatic rings. The summed E-state index contributed by atoms with van der Waals surface area (Å²) in [5.74, 6) is 0. The lowest BCUT2D eigenvalue weighted by molar-refractivity contribution is 0.0749. The molecule has 0 radical (unpaired) electrons. The summed E-state index contributed by atoms with van der Waals surface area (Å²) in [6, 6.07) is 8.24. The Labute approximate surface area is 143 Å². The number of nitrogens with zero attached hydrogens (tertiary/aromatic N) is 3. The Balaban J connectivity index is 1.67. The monoisotopic (exact) mass is 349 g/mol. The second-order valence-electron chi connectivity index (χ2n) is 6.33. The van der Waals surface area contributed by atoms with Crippen molar-refractivity contribution in [2.24, 2.45) is 0 Å². The first-order valence-corrected chi connectivity index (χ1v) is 9.88. The summed E-state index contributed by atoms with van der Waals surface area (Å²) in [5.41, 5.74) is 0.367. The molecule has 0 unspecified atom stereocenters. The fourth-order valence-corrected chi connectivity index (χ4v) is 4.84. The molecule has 0 aliphatic carbocycles. The van der Waals surface area contributed by atoms with Crippen LogP contribution in [0.5, 0.6) is 0 Å². The van der Waals surface area contributed by atoms with E-state index in [2.05, 4.69) is 4.90 Å². The Morgan fingerprint density at radius 1 is 1.21 bits per heavy atom. The van der Waals surface area contributed by atoms with E-state index in [1.54, 1.807) is 22.5 Å². The van der Waals surface area contributed by atoms with Gasteiger partial charge >= 0.3 is 0 Å². The lowest BCUT2D eigenvalue weighted by Gasteiger charge is -2.24. The Bertz CT molecular complexity index is 708. The van der Waals surface area contributed by atoms with Crippen LogP contribution in [-0.4, -0.2) is 63.1 Å². The molecule has 2 aliphatic heterocycles. The van der Waals surface area contributed by atoms with Crippen molar-refractivity contribution in [3.05, 3.63) is 29.8 Å². The van der Waals surface area contributed by atoms with Gasteiger partial charge in [-0.25, -0.2) is 8.42 Å². The van der Waals surface area contributed by atoms with Crippen molar-refractivity contribution in [1.82, 2.24) is 9.21 Å². The predicted octanol–water partition coefficient (Wildman–Crippen LogP) is 1.43. The highest BCUT2D eigenvalue weighted by Crippen LogP contribution is 2.20. The van der Waals surface area contributed by atoms with Crippen molar-refractivity contribution in [3.8, 4) is 6.07 Å². The minimum absolute atomic E-state index is 0.203. The molecule has 0 amide bonds. The first kappa shape index (κ1) is 17.4. The molecule has 0 spiro atoms. The summed E-state index contributed by atoms with van der Waals surface area (Å²) in [4.78, 5) is 2.51. The van der Waals surface area contributed by atoms with Crippen molar-refractivity contribution in [2.75, 3.05) is 39.3 Å². The van der Waals surface area contributed by atoms with E-state index in [0.717, 1.165) is 45.5 Å². The Morgan fingerprint density at radius 2 is 2.08 bits per heavy atom. The van der Waals surface area contributed by atoms with Crippen LogP contribution in [-0.2, 0) is 14.8 Å². The van der Waals surface area contributed by atoms with Gasteiger partial charge in [0.1, 0.15) is 0 Å². The summed E-state index contributed by atoms with van der Waals surface area (Å²) in [7, 11) is -3.54. The quantitative estimate of drug-likeness (QED) is 0.822. The Kier molecular flexibility index (Phi) is 5.51. The standard InChI is InChI=1S/C17H23N3O3S/c18-13-15-4-1-6-17(12-15)24(21,22)20-8-3-7-19(9-10-20)14-16-5-2-11-23-16/h1,4,6,12,16H,2-3,5,7-11,14H2/t16-/m1/s1. The smallest absolute Gasteiger partial charge is 0.243 e. The lowest BCUT2D eigenvalue weighted by atomic mass is 10.2. The van der Waals surface area contributed by atoms with Crippen molar-refractivity contribution >= 4 is 10.0 Å². The van der Waals surface area contributed by atoms with Crippen LogP contribution in [0.15, 0.2) is 29.2 Å². The average molecular weight is 349 g/mol. The van der Waals surface area contributed by atoms with Crippen LogP contribution in [0.2, 0.25) is 0 Å². The number of rotatable bonds is 4. The van der Waals surface area contributed by atoms with E-state index >= 15 is 0 Å². The van der Waals surface area contributed by atoms with Gasteiger partial charge in [0.25, 0.3) is 0 Å². The van der Waals surface area contributed by atoms with Crippen LogP contribution in [0.4, 0.5) is 0 Å². The average Bonchev–Trinajstić information content (AvgIpc) is 2.98. The molecule has 1 aromatic carbocycles. The van der Waals surface area contributed by atoms with Gasteiger partial charge in [-0.1, -0.05) is 6.07 Å². The molecule has 24 heavy (non-hydrogen) atoms. The Hall–Kier alpha value is -1.46. The molecule has 2 fully saturated rings. The summed E-state index contributed by atoms with van der Waals surface area (Å²) in [5, 5.41) is 8.98. The molecule has 0 N–H and O–H groups in total. The first-order chi connectivity index (χ1) is 11.6. The van der Waals surface area contributed by atoms with Gasteiger partial charge in [0, 0.05) is 32.8 Å². The van der Waals surface area contributed by atoms with E-state index in [1.807, 2.05) is 6.07 Å². The number of ether oxygens (including phenoxy) is 1. The van der Waals surface area contributed by atoms with Crippen LogP contribution in [0.1, 0.15) is 24.8 Å². The first-order valence-electron chi connectivity index (χ1n) is 8.44. The van der Waals surface area contributed by atoms with E-state index in [9.17, 15) is 8.42 Å². The minimum Gasteiger partial charge on any atom is -0.377 e. The minimum atomic E-state index is -3.54. The lowest BCUT2D eigenvalue weighted by Crippen LogP contribution is -2.37. The molecule has 130 valence electrons. The maximum atomic E-state index is 12.8. The second kappa shape index (κ2) is 7.62. The molecule has 2 saturated heterocycles. The molecule has 0 saturated carbocycles. The van der Waals surface area contributed by atoms with Crippen LogP contribution < -0.4 is 0 Å². The fourth-order valence-electron chi connectivity index (χ4n) is 3.32. The van der Waals surface area contributed by atoms with Crippen molar-refractivity contribution in [2.45, 2.75) is 30.3 Å². The van der Waals surface area contributed by atoms with E-state index < -0.39 is 10.0 Å². The topological polar surface area (TPSA) is 73.6 Å². The zero-order valence-electron chi connectivity index (χ0n) is 13.7. The maximum absolute atomic E-state index is 12.8. The highest BCUT2D eigenvalue weighted by Gasteiger charge is 2.28. The van der Waals surface area contributed by atoms with Crippen LogP contribution in [0.25, 0.3) is 0 Å². The number of nitriles is 1. The van der Waals surface area contributed by atoms with Gasteiger partial charge in [0.05, 0.1) is 22.6 Å². The molecule has 1 atom stereocenters. The number of hydrogen-bond donors (Lipinski definition) is 0. The molecule has 3 rings (SSSR count). The molecule has 0 bridgehead atoms. The number of hydrogen-bond acceptors (Lipinski definition) is 5. The largest absolute Gasteiger partial charge is 0.377 e. The maximum Gasteiger partial charge on any atom is 0.243 e. The van der Waals surface area contributed by atoms with Gasteiger partial charge in [-0.05, 0) is 44.0 Å². The molecule has 2 aliphatic rings. The van der Waals surface area contributed by atoms with Crippen molar-refractivity contribution in [3.63, 3.8) is 0 Å². The molecule has 0 aromatic heterocycles. The zero-order valence-corrected chi connectivity index (χ0v) is 14.5. The Morgan fingerprint density at radius 3 is 2.83 bits per heavy atom. The van der Waals surface area contributed by atoms with E-state index in [-0.39, 0.29) is 4.90 Å². The van der Waals surface area contributed by atoms with Crippen LogP contribution in [0.3, 0.4) is 0 Å². The van der Waals surface area contributed by atoms with Gasteiger partial charge in [-0.2, -0.15) is 9.57 Å². The normalized spacial score (nSPS) is 23.7. The third-order valence-electron chi connectivity index (χ3n) is 4.63. The van der Waals surface area contributed by atoms with E-state index in [0.29, 0.717) is 24.8 Å². The van der Waals surface area contributed by atoms with Gasteiger partial charge in [-0.3, -0.25) is 4.90 Å². The van der Waals surface area contributed by atoms with Crippen molar-refractivity contribution in [1.29, 1.82) is 5.26 Å². The summed E-state index contributed by atoms with van der Waals surface area (Å²) in [6.07, 6.45) is 3.32. The molecular weight excluding hydrogens is 326 g/mol. The summed E-state index contributed by atoms with van der Waals surface area (Å²) < 4.78 is 32.9. The van der Waals surface area contributed by atoms with Gasteiger partial charge in [-0.15, -0.1) is 0 Å². The molecular formula is C17H23N3O3S. The third-order valence-corrected chi connectivity index (χ3v) is 6.53. The fraction of sp³-hybridized carbons (Fsp3) is 0.588. The van der Waals surface area contributed by atoms with Gasteiger partial charge in [0.2, 0.25) is 10.0 Å². The van der Waals surface area contributed by atoms with Gasteiger partial charge in [0.15, 0.2) is 0 Å². The van der Waals surface area contributed by atoms with Crippen LogP contribution >= 0.6 is 0 Å². The summed E-state index contributed by atoms with van der Waals surface area (Å²) in [6.45, 7) is 4.33. The molecule has 6 nitrogen and oxygen atoms in total. The third kappa shape index (κ3) is 3.95. The van der Waals surface area contributed by atoms with Crippen molar-refractivity contribution < 1.29 is 13.2 Å². The molecule has 2 heterocycles. The zero-order chi connectivity index (χ0) is 17.0. The van der Waals surface area contributed by atoms with Gasteiger partial charge < -0.3 is 4.74 Å². The van der Waals surface area contributed by atoms with E-state index in [4.69, 9.17) is 10.00 Å². The highest BCUT2D eigenvalue weighted by atomic mass is 32.2. The van der Waals surface area contributed by atoms with E-state index in [1.165, 1.54) is 6.07 Å². The second-order valence-corrected chi connectivity index (χ2v) is 8.27. The highest BCUT2D eigenvalue weighted by molar-refractivity contribution is 7.89. The van der Waals surface area contributed by atoms with Crippen LogP contribution in [0, 0.1) is 11.3 Å². The number of benzene rings is 1. The summed E-state index contributed by atoms with van der Waals surface area (Å²) >= 11 is 0. The molecule has 7 heteroatoms. The number of sulfonamides is 1. The predicted molar refractivity (Wildman–Crippen MR) is 89.9 cm³/mol.